The van der Waals surface area contributed by atoms with Crippen LogP contribution >= 0.6 is 0 Å². The lowest BCUT2D eigenvalue weighted by atomic mass is 10.1. The molecule has 24 heavy (non-hydrogen) atoms. The molecule has 5 heteroatoms. The maximum atomic E-state index is 12.9. The molecule has 1 unspecified atom stereocenters. The molecule has 124 valence electrons. The van der Waals surface area contributed by atoms with Crippen LogP contribution in [0.3, 0.4) is 0 Å². The minimum Gasteiger partial charge on any atom is -0.457 e. The minimum absolute atomic E-state index is 0.0307. The van der Waals surface area contributed by atoms with Crippen molar-refractivity contribution in [2.75, 3.05) is 6.54 Å². The van der Waals surface area contributed by atoms with Gasteiger partial charge < -0.3 is 14.4 Å². The maximum absolute atomic E-state index is 12.9. The number of amides is 1. The Labute approximate surface area is 139 Å². The molecule has 0 N–H and O–H groups in total. The van der Waals surface area contributed by atoms with Crippen molar-refractivity contribution >= 4 is 12.2 Å². The van der Waals surface area contributed by atoms with Gasteiger partial charge in [0.25, 0.3) is 0 Å². The fourth-order valence-corrected chi connectivity index (χ4v) is 2.83. The maximum Gasteiger partial charge on any atom is 0.227 e. The molecule has 1 aliphatic rings. The van der Waals surface area contributed by atoms with Gasteiger partial charge in [0, 0.05) is 6.54 Å². The first-order valence-electron chi connectivity index (χ1n) is 7.93. The average Bonchev–Trinajstić information content (AvgIpc) is 3.07. The third kappa shape index (κ3) is 3.79. The fourth-order valence-electron chi connectivity index (χ4n) is 2.83. The number of carbonyl (C=O) groups excluding carboxylic acids is 2. The lowest BCUT2D eigenvalue weighted by Crippen LogP contribution is -2.37. The summed E-state index contributed by atoms with van der Waals surface area (Å²) in [4.78, 5) is 24.9. The SMILES string of the molecule is O=CC1CCCN1C(=O)Cc1ccc(Oc2ccc(F)cc2)cc1. The molecule has 1 heterocycles. The minimum atomic E-state index is -0.313. The van der Waals surface area contributed by atoms with E-state index in [0.717, 1.165) is 24.7 Å². The van der Waals surface area contributed by atoms with Gasteiger partial charge in [-0.25, -0.2) is 4.39 Å². The third-order valence-corrected chi connectivity index (χ3v) is 4.10. The van der Waals surface area contributed by atoms with Crippen LogP contribution in [0.5, 0.6) is 11.5 Å². The Hall–Kier alpha value is -2.69. The Morgan fingerprint density at radius 1 is 1.12 bits per heavy atom. The van der Waals surface area contributed by atoms with Crippen LogP contribution < -0.4 is 4.74 Å². The van der Waals surface area contributed by atoms with Crippen LogP contribution in [-0.2, 0) is 16.0 Å². The van der Waals surface area contributed by atoms with Crippen LogP contribution in [0.2, 0.25) is 0 Å². The number of benzene rings is 2. The van der Waals surface area contributed by atoms with E-state index in [1.54, 1.807) is 29.2 Å². The number of aldehydes is 1. The zero-order valence-electron chi connectivity index (χ0n) is 13.2. The van der Waals surface area contributed by atoms with Gasteiger partial charge in [0.2, 0.25) is 5.91 Å². The molecule has 0 radical (unpaired) electrons. The molecule has 1 fully saturated rings. The highest BCUT2D eigenvalue weighted by Gasteiger charge is 2.27. The van der Waals surface area contributed by atoms with Crippen molar-refractivity contribution in [3.05, 3.63) is 59.9 Å². The van der Waals surface area contributed by atoms with Gasteiger partial charge in [0.15, 0.2) is 0 Å². The second-order valence-electron chi connectivity index (χ2n) is 5.81. The topological polar surface area (TPSA) is 46.6 Å². The number of hydrogen-bond acceptors (Lipinski definition) is 3. The molecule has 1 atom stereocenters. The highest BCUT2D eigenvalue weighted by molar-refractivity contribution is 5.82. The molecule has 0 aliphatic carbocycles. The highest BCUT2D eigenvalue weighted by atomic mass is 19.1. The van der Waals surface area contributed by atoms with Gasteiger partial charge in [-0.15, -0.1) is 0 Å². The normalized spacial score (nSPS) is 16.9. The predicted octanol–water partition coefficient (Wildman–Crippen LogP) is 3.35. The molecule has 4 nitrogen and oxygen atoms in total. The van der Waals surface area contributed by atoms with Gasteiger partial charge in [-0.2, -0.15) is 0 Å². The molecule has 0 bridgehead atoms. The van der Waals surface area contributed by atoms with E-state index in [9.17, 15) is 14.0 Å². The second-order valence-corrected chi connectivity index (χ2v) is 5.81. The summed E-state index contributed by atoms with van der Waals surface area (Å²) in [6.07, 6.45) is 2.74. The van der Waals surface area contributed by atoms with Gasteiger partial charge in [0.05, 0.1) is 12.5 Å². The number of nitrogens with zero attached hydrogens (tertiary/aromatic N) is 1. The van der Waals surface area contributed by atoms with Crippen molar-refractivity contribution in [3.8, 4) is 11.5 Å². The van der Waals surface area contributed by atoms with E-state index in [1.165, 1.54) is 12.1 Å². The molecule has 0 aromatic heterocycles. The Bertz CT molecular complexity index is 712. The summed E-state index contributed by atoms with van der Waals surface area (Å²) < 4.78 is 18.5. The fraction of sp³-hybridized carbons (Fsp3) is 0.263. The summed E-state index contributed by atoms with van der Waals surface area (Å²) in [6.45, 7) is 0.647. The summed E-state index contributed by atoms with van der Waals surface area (Å²) >= 11 is 0. The van der Waals surface area contributed by atoms with Crippen LogP contribution in [0.25, 0.3) is 0 Å². The first-order chi connectivity index (χ1) is 11.7. The molecule has 3 rings (SSSR count). The second kappa shape index (κ2) is 7.25. The molecular formula is C19H18FNO3. The average molecular weight is 327 g/mol. The van der Waals surface area contributed by atoms with Crippen LogP contribution in [0.4, 0.5) is 4.39 Å². The monoisotopic (exact) mass is 327 g/mol. The molecule has 1 amide bonds. The Morgan fingerprint density at radius 3 is 2.38 bits per heavy atom. The number of halogens is 1. The quantitative estimate of drug-likeness (QED) is 0.791. The highest BCUT2D eigenvalue weighted by Crippen LogP contribution is 2.23. The van der Waals surface area contributed by atoms with Gasteiger partial charge >= 0.3 is 0 Å². The standard InChI is InChI=1S/C19H18FNO3/c20-15-5-9-18(10-6-15)24-17-7-3-14(4-8-17)12-19(23)21-11-1-2-16(21)13-22/h3-10,13,16H,1-2,11-12H2. The molecule has 2 aromatic carbocycles. The van der Waals surface area contributed by atoms with Gasteiger partial charge in [0.1, 0.15) is 23.6 Å². The molecule has 2 aromatic rings. The zero-order chi connectivity index (χ0) is 16.9. The lowest BCUT2D eigenvalue weighted by molar-refractivity contribution is -0.133. The van der Waals surface area contributed by atoms with Gasteiger partial charge in [-0.1, -0.05) is 12.1 Å². The summed E-state index contributed by atoms with van der Waals surface area (Å²) in [7, 11) is 0. The number of rotatable bonds is 5. The molecule has 0 spiro atoms. The Balaban J connectivity index is 1.61. The summed E-state index contributed by atoms with van der Waals surface area (Å²) in [5.41, 5.74) is 0.864. The lowest BCUT2D eigenvalue weighted by Gasteiger charge is -2.20. The van der Waals surface area contributed by atoms with Crippen molar-refractivity contribution in [2.45, 2.75) is 25.3 Å². The number of likely N-dealkylation sites (tertiary alicyclic amines) is 1. The van der Waals surface area contributed by atoms with E-state index in [0.29, 0.717) is 18.0 Å². The number of hydrogen-bond donors (Lipinski definition) is 0. The predicted molar refractivity (Wildman–Crippen MR) is 87.4 cm³/mol. The van der Waals surface area contributed by atoms with Crippen LogP contribution in [0, 0.1) is 5.82 Å². The Kier molecular flexibility index (Phi) is 4.89. The molecule has 0 saturated carbocycles. The van der Waals surface area contributed by atoms with Crippen molar-refractivity contribution in [1.29, 1.82) is 0 Å². The van der Waals surface area contributed by atoms with E-state index in [-0.39, 0.29) is 24.2 Å². The summed E-state index contributed by atoms with van der Waals surface area (Å²) in [6, 6.07) is 12.7. The van der Waals surface area contributed by atoms with Crippen molar-refractivity contribution in [1.82, 2.24) is 4.90 Å². The van der Waals surface area contributed by atoms with Crippen molar-refractivity contribution in [3.63, 3.8) is 0 Å². The van der Waals surface area contributed by atoms with E-state index < -0.39 is 0 Å². The third-order valence-electron chi connectivity index (χ3n) is 4.10. The van der Waals surface area contributed by atoms with E-state index in [1.807, 2.05) is 12.1 Å². The van der Waals surface area contributed by atoms with Crippen molar-refractivity contribution in [2.24, 2.45) is 0 Å². The van der Waals surface area contributed by atoms with Crippen molar-refractivity contribution < 1.29 is 18.7 Å². The van der Waals surface area contributed by atoms with E-state index in [2.05, 4.69) is 0 Å². The first-order valence-corrected chi connectivity index (χ1v) is 7.93. The largest absolute Gasteiger partial charge is 0.457 e. The molecular weight excluding hydrogens is 309 g/mol. The van der Waals surface area contributed by atoms with E-state index in [4.69, 9.17) is 4.74 Å². The Morgan fingerprint density at radius 2 is 1.75 bits per heavy atom. The molecule has 1 saturated heterocycles. The van der Waals surface area contributed by atoms with Crippen LogP contribution in [0.15, 0.2) is 48.5 Å². The summed E-state index contributed by atoms with van der Waals surface area (Å²) in [5.74, 6) is 0.819. The number of ether oxygens (including phenoxy) is 1. The van der Waals surface area contributed by atoms with Crippen LogP contribution in [-0.4, -0.2) is 29.7 Å². The number of carbonyl (C=O) groups is 2. The smallest absolute Gasteiger partial charge is 0.227 e. The first kappa shape index (κ1) is 16.2. The summed E-state index contributed by atoms with van der Waals surface area (Å²) in [5, 5.41) is 0. The van der Waals surface area contributed by atoms with E-state index >= 15 is 0 Å². The van der Waals surface area contributed by atoms with Gasteiger partial charge in [-0.3, -0.25) is 4.79 Å². The van der Waals surface area contributed by atoms with Gasteiger partial charge in [-0.05, 0) is 54.8 Å². The van der Waals surface area contributed by atoms with Crippen LogP contribution in [0.1, 0.15) is 18.4 Å². The zero-order valence-corrected chi connectivity index (χ0v) is 13.2. The molecule has 1 aliphatic heterocycles.